The quantitative estimate of drug-likeness (QED) is 0.606. The van der Waals surface area contributed by atoms with E-state index in [2.05, 4.69) is 5.32 Å². The highest BCUT2D eigenvalue weighted by atomic mass is 35.5. The maximum Gasteiger partial charge on any atom is 0.268 e. The van der Waals surface area contributed by atoms with Gasteiger partial charge in [0.2, 0.25) is 0 Å². The first-order valence-electron chi connectivity index (χ1n) is 9.51. The van der Waals surface area contributed by atoms with Gasteiger partial charge in [-0.3, -0.25) is 19.0 Å². The third-order valence-electron chi connectivity index (χ3n) is 5.14. The smallest absolute Gasteiger partial charge is 0.268 e. The Morgan fingerprint density at radius 1 is 0.967 bits per heavy atom. The van der Waals surface area contributed by atoms with Gasteiger partial charge in [0, 0.05) is 29.1 Å². The van der Waals surface area contributed by atoms with Crippen LogP contribution in [0, 0.1) is 6.92 Å². The Morgan fingerprint density at radius 2 is 1.70 bits per heavy atom. The summed E-state index contributed by atoms with van der Waals surface area (Å²) in [5, 5.41) is 3.31. The number of pyridine rings is 1. The van der Waals surface area contributed by atoms with E-state index >= 15 is 0 Å². The molecule has 0 aliphatic heterocycles. The van der Waals surface area contributed by atoms with Gasteiger partial charge in [-0.1, -0.05) is 40.9 Å². The molecule has 2 aromatic carbocycles. The summed E-state index contributed by atoms with van der Waals surface area (Å²) in [6.07, 6.45) is 1.66. The average Bonchev–Trinajstić information content (AvgIpc) is 2.71. The summed E-state index contributed by atoms with van der Waals surface area (Å²) >= 11 is 11.9. The molecule has 4 rings (SSSR count). The van der Waals surface area contributed by atoms with Crippen molar-refractivity contribution in [1.82, 2.24) is 4.57 Å². The zero-order chi connectivity index (χ0) is 21.4. The SMILES string of the molecule is Cc1ccc(-n2c3c(cc(C(=O)Nc4ccc(Cl)c(Cl)c4)c2=O)C(=O)CCC3)cc1. The molecule has 7 heteroatoms. The number of carbonyl (C=O) groups excluding carboxylic acids is 2. The molecule has 1 aliphatic carbocycles. The van der Waals surface area contributed by atoms with Gasteiger partial charge in [0.1, 0.15) is 5.56 Å². The summed E-state index contributed by atoms with van der Waals surface area (Å²) in [5.74, 6) is -0.680. The zero-order valence-corrected chi connectivity index (χ0v) is 17.7. The number of nitrogens with one attached hydrogen (secondary N) is 1. The molecule has 1 amide bonds. The Hall–Kier alpha value is -2.89. The molecule has 30 heavy (non-hydrogen) atoms. The number of benzene rings is 2. The van der Waals surface area contributed by atoms with Crippen molar-refractivity contribution in [3.05, 3.63) is 91.3 Å². The van der Waals surface area contributed by atoms with Crippen molar-refractivity contribution in [2.24, 2.45) is 0 Å². The van der Waals surface area contributed by atoms with Crippen LogP contribution in [0.5, 0.6) is 0 Å². The first-order valence-corrected chi connectivity index (χ1v) is 10.3. The van der Waals surface area contributed by atoms with Gasteiger partial charge >= 0.3 is 0 Å². The largest absolute Gasteiger partial charge is 0.322 e. The molecule has 1 N–H and O–H groups in total. The summed E-state index contributed by atoms with van der Waals surface area (Å²) in [6.45, 7) is 1.95. The normalized spacial score (nSPS) is 13.1. The number of aryl methyl sites for hydroxylation is 1. The Balaban J connectivity index is 1.84. The van der Waals surface area contributed by atoms with Crippen LogP contribution in [0.2, 0.25) is 10.0 Å². The van der Waals surface area contributed by atoms with Gasteiger partial charge in [-0.05, 0) is 56.2 Å². The fourth-order valence-electron chi connectivity index (χ4n) is 3.59. The molecular weight excluding hydrogens is 423 g/mol. The first kappa shape index (κ1) is 20.4. The summed E-state index contributed by atoms with van der Waals surface area (Å²) in [4.78, 5) is 38.8. The molecule has 0 spiro atoms. The Morgan fingerprint density at radius 3 is 2.40 bits per heavy atom. The highest BCUT2D eigenvalue weighted by molar-refractivity contribution is 6.42. The molecule has 0 radical (unpaired) electrons. The van der Waals surface area contributed by atoms with Gasteiger partial charge in [0.05, 0.1) is 10.0 Å². The fraction of sp³-hybridized carbons (Fsp3) is 0.174. The van der Waals surface area contributed by atoms with Crippen LogP contribution in [0.25, 0.3) is 5.69 Å². The molecule has 1 aliphatic rings. The lowest BCUT2D eigenvalue weighted by molar-refractivity contribution is 0.0971. The lowest BCUT2D eigenvalue weighted by Crippen LogP contribution is -2.33. The second-order valence-electron chi connectivity index (χ2n) is 7.25. The lowest BCUT2D eigenvalue weighted by atomic mass is 9.92. The van der Waals surface area contributed by atoms with Crippen LogP contribution in [0.1, 0.15) is 44.8 Å². The molecule has 152 valence electrons. The summed E-state index contributed by atoms with van der Waals surface area (Å²) in [6, 6.07) is 13.5. The van der Waals surface area contributed by atoms with Crippen molar-refractivity contribution in [3.63, 3.8) is 0 Å². The minimum Gasteiger partial charge on any atom is -0.322 e. The number of fused-ring (bicyclic) bond motifs is 1. The Bertz CT molecular complexity index is 1230. The van der Waals surface area contributed by atoms with Gasteiger partial charge in [-0.15, -0.1) is 0 Å². The van der Waals surface area contributed by atoms with Crippen LogP contribution >= 0.6 is 23.2 Å². The van der Waals surface area contributed by atoms with Crippen molar-refractivity contribution in [2.45, 2.75) is 26.2 Å². The van der Waals surface area contributed by atoms with E-state index in [9.17, 15) is 14.4 Å². The number of amides is 1. The minimum atomic E-state index is -0.611. The molecule has 0 fully saturated rings. The van der Waals surface area contributed by atoms with Crippen molar-refractivity contribution in [1.29, 1.82) is 0 Å². The van der Waals surface area contributed by atoms with Crippen LogP contribution in [0.15, 0.2) is 53.3 Å². The molecule has 0 saturated heterocycles. The summed E-state index contributed by atoms with van der Waals surface area (Å²) in [5.41, 5.74) is 2.57. The third-order valence-corrected chi connectivity index (χ3v) is 5.87. The van der Waals surface area contributed by atoms with Crippen molar-refractivity contribution >= 4 is 40.6 Å². The van der Waals surface area contributed by atoms with Crippen LogP contribution in [-0.4, -0.2) is 16.3 Å². The molecule has 3 aromatic rings. The number of aromatic nitrogens is 1. The van der Waals surface area contributed by atoms with Gasteiger partial charge in [-0.2, -0.15) is 0 Å². The van der Waals surface area contributed by atoms with Gasteiger partial charge in [0.15, 0.2) is 5.78 Å². The molecule has 1 aromatic heterocycles. The number of rotatable bonds is 3. The van der Waals surface area contributed by atoms with Crippen molar-refractivity contribution in [2.75, 3.05) is 5.32 Å². The number of ketones is 1. The molecule has 0 atom stereocenters. The van der Waals surface area contributed by atoms with Gasteiger partial charge in [-0.25, -0.2) is 0 Å². The monoisotopic (exact) mass is 440 g/mol. The van der Waals surface area contributed by atoms with Crippen LogP contribution in [-0.2, 0) is 6.42 Å². The Labute approximate surface area is 183 Å². The molecule has 0 unspecified atom stereocenters. The zero-order valence-electron chi connectivity index (χ0n) is 16.2. The minimum absolute atomic E-state index is 0.0688. The third kappa shape index (κ3) is 3.78. The fourth-order valence-corrected chi connectivity index (χ4v) is 3.89. The molecule has 5 nitrogen and oxygen atoms in total. The number of hydrogen-bond acceptors (Lipinski definition) is 3. The Kier molecular flexibility index (Phi) is 5.50. The van der Waals surface area contributed by atoms with E-state index in [0.717, 1.165) is 5.56 Å². The van der Waals surface area contributed by atoms with Crippen LogP contribution < -0.4 is 10.9 Å². The predicted molar refractivity (Wildman–Crippen MR) is 118 cm³/mol. The van der Waals surface area contributed by atoms with Gasteiger partial charge in [0.25, 0.3) is 11.5 Å². The average molecular weight is 441 g/mol. The van der Waals surface area contributed by atoms with Crippen LogP contribution in [0.4, 0.5) is 5.69 Å². The lowest BCUT2D eigenvalue weighted by Gasteiger charge is -2.21. The maximum atomic E-state index is 13.3. The van der Waals surface area contributed by atoms with E-state index in [1.54, 1.807) is 12.1 Å². The molecule has 0 bridgehead atoms. The number of anilines is 1. The first-order chi connectivity index (χ1) is 14.3. The van der Waals surface area contributed by atoms with E-state index in [1.165, 1.54) is 16.7 Å². The number of halogens is 2. The van der Waals surface area contributed by atoms with Crippen molar-refractivity contribution < 1.29 is 9.59 Å². The highest BCUT2D eigenvalue weighted by Gasteiger charge is 2.26. The second kappa shape index (κ2) is 8.09. The number of carbonyl (C=O) groups is 2. The molecular formula is C23H18Cl2N2O3. The number of hydrogen-bond donors (Lipinski definition) is 1. The van der Waals surface area contributed by atoms with E-state index in [1.807, 2.05) is 31.2 Å². The second-order valence-corrected chi connectivity index (χ2v) is 8.07. The molecule has 1 heterocycles. The van der Waals surface area contributed by atoms with E-state index in [4.69, 9.17) is 23.2 Å². The van der Waals surface area contributed by atoms with E-state index in [0.29, 0.717) is 46.9 Å². The standard InChI is InChI=1S/C23H18Cl2N2O3/c1-13-5-8-15(9-6-13)27-20-3-2-4-21(28)16(20)12-17(23(27)30)22(29)26-14-7-10-18(24)19(25)11-14/h5-12H,2-4H2,1H3,(H,26,29). The summed E-state index contributed by atoms with van der Waals surface area (Å²) in [7, 11) is 0. The highest BCUT2D eigenvalue weighted by Crippen LogP contribution is 2.26. The van der Waals surface area contributed by atoms with Gasteiger partial charge < -0.3 is 5.32 Å². The number of Topliss-reactive ketones (excluding diaryl/α,β-unsaturated/α-hetero) is 1. The maximum absolute atomic E-state index is 13.3. The van der Waals surface area contributed by atoms with Crippen LogP contribution in [0.3, 0.4) is 0 Å². The van der Waals surface area contributed by atoms with E-state index < -0.39 is 11.5 Å². The summed E-state index contributed by atoms with van der Waals surface area (Å²) < 4.78 is 1.48. The predicted octanol–water partition coefficient (Wildman–Crippen LogP) is 5.22. The van der Waals surface area contributed by atoms with Crippen molar-refractivity contribution in [3.8, 4) is 5.69 Å². The number of nitrogens with zero attached hydrogens (tertiary/aromatic N) is 1. The topological polar surface area (TPSA) is 68.2 Å². The molecule has 0 saturated carbocycles. The van der Waals surface area contributed by atoms with E-state index in [-0.39, 0.29) is 16.4 Å².